The number of fused-ring (bicyclic) bond motifs is 1. The maximum Gasteiger partial charge on any atom is 0.237 e. The van der Waals surface area contributed by atoms with Crippen LogP contribution in [0.4, 0.5) is 0 Å². The first-order valence-electron chi connectivity index (χ1n) is 7.30. The number of aromatic amines is 1. The molecule has 2 rings (SSSR count). The van der Waals surface area contributed by atoms with Crippen LogP contribution in [0.15, 0.2) is 30.5 Å². The first-order valence-corrected chi connectivity index (χ1v) is 7.30. The zero-order valence-electron chi connectivity index (χ0n) is 12.0. The van der Waals surface area contributed by atoms with E-state index in [4.69, 9.17) is 5.73 Å². The molecule has 1 aromatic carbocycles. The lowest BCUT2D eigenvalue weighted by molar-refractivity contribution is -0.122. The molecule has 0 aliphatic carbocycles. The molecule has 0 spiro atoms. The van der Waals surface area contributed by atoms with Crippen molar-refractivity contribution >= 4 is 16.8 Å². The highest BCUT2D eigenvalue weighted by Crippen LogP contribution is 2.18. The molecule has 2 aromatic rings. The number of rotatable bonds is 7. The van der Waals surface area contributed by atoms with E-state index >= 15 is 0 Å². The standard InChI is InChI=1S/C16H23N3O/c1-2-3-6-9-18-16(20)14(17)10-12-11-19-15-8-5-4-7-13(12)15/h4-5,7-8,11,14,19H,2-3,6,9-10,17H2,1H3,(H,18,20)/t14-/m1/s1. The molecule has 1 amide bonds. The molecule has 0 saturated carbocycles. The minimum Gasteiger partial charge on any atom is -0.361 e. The Balaban J connectivity index is 1.90. The molecule has 0 saturated heterocycles. The molecule has 108 valence electrons. The lowest BCUT2D eigenvalue weighted by atomic mass is 10.1. The van der Waals surface area contributed by atoms with E-state index in [1.54, 1.807) is 0 Å². The lowest BCUT2D eigenvalue weighted by Gasteiger charge is -2.11. The van der Waals surface area contributed by atoms with E-state index in [-0.39, 0.29) is 5.91 Å². The van der Waals surface area contributed by atoms with Gasteiger partial charge in [0.2, 0.25) is 5.91 Å². The van der Waals surface area contributed by atoms with Crippen LogP contribution in [0.3, 0.4) is 0 Å². The van der Waals surface area contributed by atoms with E-state index in [2.05, 4.69) is 17.2 Å². The van der Waals surface area contributed by atoms with Crippen LogP contribution in [0.5, 0.6) is 0 Å². The van der Waals surface area contributed by atoms with Gasteiger partial charge in [0, 0.05) is 23.6 Å². The van der Waals surface area contributed by atoms with Gasteiger partial charge < -0.3 is 16.0 Å². The highest BCUT2D eigenvalue weighted by atomic mass is 16.2. The Morgan fingerprint density at radius 3 is 2.95 bits per heavy atom. The summed E-state index contributed by atoms with van der Waals surface area (Å²) in [4.78, 5) is 15.1. The fraction of sp³-hybridized carbons (Fsp3) is 0.438. The molecular weight excluding hydrogens is 250 g/mol. The SMILES string of the molecule is CCCCCNC(=O)[C@H](N)Cc1c[nH]c2ccccc12. The van der Waals surface area contributed by atoms with Gasteiger partial charge in [0.05, 0.1) is 6.04 Å². The minimum absolute atomic E-state index is 0.0635. The fourth-order valence-electron chi connectivity index (χ4n) is 2.35. The summed E-state index contributed by atoms with van der Waals surface area (Å²) in [6, 6.07) is 7.57. The predicted octanol–water partition coefficient (Wildman–Crippen LogP) is 2.34. The smallest absolute Gasteiger partial charge is 0.237 e. The molecule has 1 aromatic heterocycles. The van der Waals surface area contributed by atoms with Crippen LogP contribution in [0.1, 0.15) is 31.7 Å². The Bertz CT molecular complexity index is 562. The highest BCUT2D eigenvalue weighted by molar-refractivity contribution is 5.86. The van der Waals surface area contributed by atoms with Gasteiger partial charge in [0.15, 0.2) is 0 Å². The van der Waals surface area contributed by atoms with Crippen molar-refractivity contribution in [3.63, 3.8) is 0 Å². The van der Waals surface area contributed by atoms with Crippen LogP contribution in [-0.2, 0) is 11.2 Å². The number of nitrogens with two attached hydrogens (primary N) is 1. The first-order chi connectivity index (χ1) is 9.72. The molecule has 4 heteroatoms. The van der Waals surface area contributed by atoms with E-state index in [0.717, 1.165) is 35.7 Å². The van der Waals surface area contributed by atoms with Gasteiger partial charge >= 0.3 is 0 Å². The van der Waals surface area contributed by atoms with Crippen molar-refractivity contribution < 1.29 is 4.79 Å². The molecule has 20 heavy (non-hydrogen) atoms. The van der Waals surface area contributed by atoms with Crippen LogP contribution >= 0.6 is 0 Å². The third-order valence-corrected chi connectivity index (χ3v) is 3.53. The topological polar surface area (TPSA) is 70.9 Å². The van der Waals surface area contributed by atoms with E-state index in [0.29, 0.717) is 13.0 Å². The average Bonchev–Trinajstić information content (AvgIpc) is 2.87. The zero-order chi connectivity index (χ0) is 14.4. The maximum atomic E-state index is 11.9. The first kappa shape index (κ1) is 14.6. The molecule has 0 fully saturated rings. The van der Waals surface area contributed by atoms with Crippen LogP contribution in [0.25, 0.3) is 10.9 Å². The van der Waals surface area contributed by atoms with Gasteiger partial charge in [-0.05, 0) is 24.5 Å². The number of H-pyrrole nitrogens is 1. The number of benzene rings is 1. The summed E-state index contributed by atoms with van der Waals surface area (Å²) < 4.78 is 0. The van der Waals surface area contributed by atoms with Gasteiger partial charge in [-0.15, -0.1) is 0 Å². The molecule has 4 nitrogen and oxygen atoms in total. The number of nitrogens with one attached hydrogen (secondary N) is 2. The molecule has 1 atom stereocenters. The van der Waals surface area contributed by atoms with Crippen LogP contribution in [0, 0.1) is 0 Å². The number of unbranched alkanes of at least 4 members (excludes halogenated alkanes) is 2. The predicted molar refractivity (Wildman–Crippen MR) is 82.5 cm³/mol. The second kappa shape index (κ2) is 7.10. The normalized spacial score (nSPS) is 12.5. The summed E-state index contributed by atoms with van der Waals surface area (Å²) >= 11 is 0. The monoisotopic (exact) mass is 273 g/mol. The van der Waals surface area contributed by atoms with Gasteiger partial charge in [-0.3, -0.25) is 4.79 Å². The number of aromatic nitrogens is 1. The summed E-state index contributed by atoms with van der Waals surface area (Å²) in [7, 11) is 0. The van der Waals surface area contributed by atoms with Crippen molar-refractivity contribution in [2.45, 2.75) is 38.6 Å². The number of para-hydroxylation sites is 1. The largest absolute Gasteiger partial charge is 0.361 e. The van der Waals surface area contributed by atoms with E-state index < -0.39 is 6.04 Å². The lowest BCUT2D eigenvalue weighted by Crippen LogP contribution is -2.42. The number of hydrogen-bond donors (Lipinski definition) is 3. The molecule has 0 aliphatic heterocycles. The van der Waals surface area contributed by atoms with Gasteiger partial charge in [-0.1, -0.05) is 38.0 Å². The average molecular weight is 273 g/mol. The number of amides is 1. The van der Waals surface area contributed by atoms with Gasteiger partial charge in [0.1, 0.15) is 0 Å². The van der Waals surface area contributed by atoms with Gasteiger partial charge in [-0.2, -0.15) is 0 Å². The molecule has 0 radical (unpaired) electrons. The van der Waals surface area contributed by atoms with Crippen molar-refractivity contribution in [2.24, 2.45) is 5.73 Å². The Morgan fingerprint density at radius 2 is 2.15 bits per heavy atom. The van der Waals surface area contributed by atoms with Crippen molar-refractivity contribution in [1.29, 1.82) is 0 Å². The summed E-state index contributed by atoms with van der Waals surface area (Å²) in [5.41, 5.74) is 8.16. The van der Waals surface area contributed by atoms with Gasteiger partial charge in [-0.25, -0.2) is 0 Å². The van der Waals surface area contributed by atoms with Crippen LogP contribution < -0.4 is 11.1 Å². The fourth-order valence-corrected chi connectivity index (χ4v) is 2.35. The third kappa shape index (κ3) is 3.61. The number of carbonyl (C=O) groups is 1. The van der Waals surface area contributed by atoms with Gasteiger partial charge in [0.25, 0.3) is 0 Å². The minimum atomic E-state index is -0.490. The molecule has 0 unspecified atom stereocenters. The van der Waals surface area contributed by atoms with E-state index in [1.807, 2.05) is 30.5 Å². The molecule has 0 bridgehead atoms. The summed E-state index contributed by atoms with van der Waals surface area (Å²) in [5.74, 6) is -0.0635. The molecule has 0 aliphatic rings. The third-order valence-electron chi connectivity index (χ3n) is 3.53. The Labute approximate surface area is 119 Å². The number of hydrogen-bond acceptors (Lipinski definition) is 2. The zero-order valence-corrected chi connectivity index (χ0v) is 12.0. The Morgan fingerprint density at radius 1 is 1.35 bits per heavy atom. The highest BCUT2D eigenvalue weighted by Gasteiger charge is 2.15. The second-order valence-corrected chi connectivity index (χ2v) is 5.17. The summed E-state index contributed by atoms with van der Waals surface area (Å²) in [6.07, 6.45) is 5.80. The van der Waals surface area contributed by atoms with E-state index in [9.17, 15) is 4.79 Å². The summed E-state index contributed by atoms with van der Waals surface area (Å²) in [6.45, 7) is 2.86. The Hall–Kier alpha value is -1.81. The van der Waals surface area contributed by atoms with Crippen LogP contribution in [0.2, 0.25) is 0 Å². The van der Waals surface area contributed by atoms with Crippen LogP contribution in [-0.4, -0.2) is 23.5 Å². The quantitative estimate of drug-likeness (QED) is 0.678. The Kier molecular flexibility index (Phi) is 5.18. The number of carbonyl (C=O) groups excluding carboxylic acids is 1. The van der Waals surface area contributed by atoms with Crippen molar-refractivity contribution in [3.05, 3.63) is 36.0 Å². The van der Waals surface area contributed by atoms with Crippen molar-refractivity contribution in [2.75, 3.05) is 6.54 Å². The van der Waals surface area contributed by atoms with Crippen molar-refractivity contribution in [3.8, 4) is 0 Å². The molecule has 1 heterocycles. The van der Waals surface area contributed by atoms with Crippen molar-refractivity contribution in [1.82, 2.24) is 10.3 Å². The summed E-state index contributed by atoms with van der Waals surface area (Å²) in [5, 5.41) is 4.04. The second-order valence-electron chi connectivity index (χ2n) is 5.17. The maximum absolute atomic E-state index is 11.9. The molecular formula is C16H23N3O. The van der Waals surface area contributed by atoms with E-state index in [1.165, 1.54) is 0 Å². The molecule has 4 N–H and O–H groups in total.